The van der Waals surface area contributed by atoms with Crippen LogP contribution in [0, 0.1) is 10.1 Å². The zero-order valence-corrected chi connectivity index (χ0v) is 11.9. The third kappa shape index (κ3) is 5.74. The first-order chi connectivity index (χ1) is 9.02. The van der Waals surface area contributed by atoms with Gasteiger partial charge in [-0.15, -0.1) is 0 Å². The van der Waals surface area contributed by atoms with Crippen molar-refractivity contribution in [2.45, 2.75) is 25.8 Å². The first-order valence-corrected chi connectivity index (χ1v) is 7.44. The highest BCUT2D eigenvalue weighted by Crippen LogP contribution is 2.12. The molecule has 0 heterocycles. The predicted molar refractivity (Wildman–Crippen MR) is 77.4 cm³/mol. The minimum absolute atomic E-state index is 0.0393. The molecule has 0 aromatic heterocycles. The molecule has 1 aromatic carbocycles. The van der Waals surface area contributed by atoms with Gasteiger partial charge in [0.1, 0.15) is 0 Å². The molecule has 1 amide bonds. The number of hydrogen-bond donors (Lipinski definition) is 1. The molecule has 6 heteroatoms. The van der Waals surface area contributed by atoms with Gasteiger partial charge in [0.25, 0.3) is 5.69 Å². The topological polar surface area (TPSA) is 72.2 Å². The molecular formula is C13H18N2O3S. The SMILES string of the molecule is CSCC[C@H](C)NC(=O)Cc1ccc([N+](=O)[O-])cc1. The maximum atomic E-state index is 11.8. The lowest BCUT2D eigenvalue weighted by molar-refractivity contribution is -0.384. The average molecular weight is 282 g/mol. The number of carbonyl (C=O) groups is 1. The van der Waals surface area contributed by atoms with Gasteiger partial charge in [0, 0.05) is 18.2 Å². The van der Waals surface area contributed by atoms with Crippen LogP contribution in [-0.4, -0.2) is 28.9 Å². The average Bonchev–Trinajstić information content (AvgIpc) is 2.36. The molecule has 0 bridgehead atoms. The number of non-ortho nitro benzene ring substituents is 1. The molecule has 104 valence electrons. The van der Waals surface area contributed by atoms with E-state index in [-0.39, 0.29) is 24.1 Å². The number of nitro groups is 1. The molecule has 0 fully saturated rings. The highest BCUT2D eigenvalue weighted by molar-refractivity contribution is 7.98. The van der Waals surface area contributed by atoms with Crippen LogP contribution < -0.4 is 5.32 Å². The van der Waals surface area contributed by atoms with Gasteiger partial charge in [-0.1, -0.05) is 12.1 Å². The van der Waals surface area contributed by atoms with Gasteiger partial charge in [-0.3, -0.25) is 14.9 Å². The molecule has 0 aliphatic rings. The summed E-state index contributed by atoms with van der Waals surface area (Å²) in [7, 11) is 0. The molecule has 1 rings (SSSR count). The molecule has 0 aliphatic carbocycles. The van der Waals surface area contributed by atoms with Crippen molar-refractivity contribution in [3.63, 3.8) is 0 Å². The van der Waals surface area contributed by atoms with E-state index in [1.165, 1.54) is 12.1 Å². The molecule has 5 nitrogen and oxygen atoms in total. The fourth-order valence-corrected chi connectivity index (χ4v) is 2.20. The summed E-state index contributed by atoms with van der Waals surface area (Å²) in [5, 5.41) is 13.4. The second-order valence-electron chi connectivity index (χ2n) is 4.35. The number of carbonyl (C=O) groups excluding carboxylic acids is 1. The zero-order valence-electron chi connectivity index (χ0n) is 11.1. The third-order valence-corrected chi connectivity index (χ3v) is 3.32. The summed E-state index contributed by atoms with van der Waals surface area (Å²) >= 11 is 1.75. The molecular weight excluding hydrogens is 264 g/mol. The molecule has 19 heavy (non-hydrogen) atoms. The van der Waals surface area contributed by atoms with Crippen LogP contribution in [0.1, 0.15) is 18.9 Å². The number of benzene rings is 1. The van der Waals surface area contributed by atoms with Crippen LogP contribution in [0.15, 0.2) is 24.3 Å². The highest BCUT2D eigenvalue weighted by Gasteiger charge is 2.09. The molecule has 0 spiro atoms. The largest absolute Gasteiger partial charge is 0.353 e. The van der Waals surface area contributed by atoms with Gasteiger partial charge in [0.15, 0.2) is 0 Å². The minimum atomic E-state index is -0.450. The lowest BCUT2D eigenvalue weighted by Gasteiger charge is -2.13. The number of nitrogens with one attached hydrogen (secondary N) is 1. The Kier molecular flexibility index (Phi) is 6.35. The summed E-state index contributed by atoms with van der Waals surface area (Å²) in [6.45, 7) is 1.98. The second-order valence-corrected chi connectivity index (χ2v) is 5.34. The number of rotatable bonds is 7. The van der Waals surface area contributed by atoms with Gasteiger partial charge in [0.05, 0.1) is 11.3 Å². The summed E-state index contributed by atoms with van der Waals surface area (Å²) in [6, 6.07) is 6.21. The number of hydrogen-bond acceptors (Lipinski definition) is 4. The van der Waals surface area contributed by atoms with E-state index < -0.39 is 4.92 Å². The van der Waals surface area contributed by atoms with Crippen LogP contribution >= 0.6 is 11.8 Å². The smallest absolute Gasteiger partial charge is 0.269 e. The Hall–Kier alpha value is -1.56. The molecule has 0 radical (unpaired) electrons. The molecule has 1 atom stereocenters. The molecule has 1 N–H and O–H groups in total. The van der Waals surface area contributed by atoms with Gasteiger partial charge in [0.2, 0.25) is 5.91 Å². The summed E-state index contributed by atoms with van der Waals surface area (Å²) in [5.74, 6) is 0.960. The van der Waals surface area contributed by atoms with Crippen LogP contribution in [0.2, 0.25) is 0 Å². The number of amides is 1. The van der Waals surface area contributed by atoms with Crippen molar-refractivity contribution >= 4 is 23.4 Å². The first-order valence-electron chi connectivity index (χ1n) is 6.04. The Morgan fingerprint density at radius 1 is 1.42 bits per heavy atom. The normalized spacial score (nSPS) is 11.9. The van der Waals surface area contributed by atoms with Crippen LogP contribution in [0.25, 0.3) is 0 Å². The van der Waals surface area contributed by atoms with Crippen LogP contribution in [0.5, 0.6) is 0 Å². The Balaban J connectivity index is 2.45. The molecule has 0 saturated carbocycles. The molecule has 1 aromatic rings. The van der Waals surface area contributed by atoms with E-state index >= 15 is 0 Å². The Morgan fingerprint density at radius 2 is 2.05 bits per heavy atom. The Morgan fingerprint density at radius 3 is 2.58 bits per heavy atom. The van der Waals surface area contributed by atoms with Crippen molar-refractivity contribution in [3.05, 3.63) is 39.9 Å². The lowest BCUT2D eigenvalue weighted by Crippen LogP contribution is -2.34. The first kappa shape index (κ1) is 15.5. The van der Waals surface area contributed by atoms with Crippen LogP contribution in [0.3, 0.4) is 0 Å². The summed E-state index contributed by atoms with van der Waals surface area (Å²) in [5.41, 5.74) is 0.817. The quantitative estimate of drug-likeness (QED) is 0.615. The van der Waals surface area contributed by atoms with Gasteiger partial charge in [-0.25, -0.2) is 0 Å². The van der Waals surface area contributed by atoms with Crippen molar-refractivity contribution in [1.29, 1.82) is 0 Å². The van der Waals surface area contributed by atoms with Gasteiger partial charge in [-0.2, -0.15) is 11.8 Å². The van der Waals surface area contributed by atoms with E-state index in [1.807, 2.05) is 13.2 Å². The molecule has 0 saturated heterocycles. The summed E-state index contributed by atoms with van der Waals surface area (Å²) in [6.07, 6.45) is 3.22. The van der Waals surface area contributed by atoms with Crippen molar-refractivity contribution in [3.8, 4) is 0 Å². The fourth-order valence-electron chi connectivity index (χ4n) is 1.61. The summed E-state index contributed by atoms with van der Waals surface area (Å²) < 4.78 is 0. The standard InChI is InChI=1S/C13H18N2O3S/c1-10(7-8-19-2)14-13(16)9-11-3-5-12(6-4-11)15(17)18/h3-6,10H,7-9H2,1-2H3,(H,14,16)/t10-/m0/s1. The minimum Gasteiger partial charge on any atom is -0.353 e. The maximum Gasteiger partial charge on any atom is 0.269 e. The lowest BCUT2D eigenvalue weighted by atomic mass is 10.1. The monoisotopic (exact) mass is 282 g/mol. The van der Waals surface area contributed by atoms with Gasteiger partial charge >= 0.3 is 0 Å². The van der Waals surface area contributed by atoms with Crippen molar-refractivity contribution < 1.29 is 9.72 Å². The maximum absolute atomic E-state index is 11.8. The number of thioether (sulfide) groups is 1. The van der Waals surface area contributed by atoms with E-state index in [0.717, 1.165) is 17.7 Å². The van der Waals surface area contributed by atoms with Crippen molar-refractivity contribution in [2.75, 3.05) is 12.0 Å². The third-order valence-electron chi connectivity index (χ3n) is 2.67. The van der Waals surface area contributed by atoms with E-state index in [0.29, 0.717) is 0 Å². The Bertz CT molecular complexity index is 434. The Labute approximate surface area is 116 Å². The highest BCUT2D eigenvalue weighted by atomic mass is 32.2. The van der Waals surface area contributed by atoms with Crippen LogP contribution in [-0.2, 0) is 11.2 Å². The molecule has 0 unspecified atom stereocenters. The number of nitro benzene ring substituents is 1. The van der Waals surface area contributed by atoms with Gasteiger partial charge in [-0.05, 0) is 30.9 Å². The predicted octanol–water partition coefficient (Wildman–Crippen LogP) is 2.40. The zero-order chi connectivity index (χ0) is 14.3. The van der Waals surface area contributed by atoms with Crippen molar-refractivity contribution in [2.24, 2.45) is 0 Å². The van der Waals surface area contributed by atoms with E-state index in [9.17, 15) is 14.9 Å². The van der Waals surface area contributed by atoms with Crippen molar-refractivity contribution in [1.82, 2.24) is 5.32 Å². The van der Waals surface area contributed by atoms with Gasteiger partial charge < -0.3 is 5.32 Å². The fraction of sp³-hybridized carbons (Fsp3) is 0.462. The van der Waals surface area contributed by atoms with Crippen LogP contribution in [0.4, 0.5) is 5.69 Å². The number of nitrogens with zero attached hydrogens (tertiary/aromatic N) is 1. The molecule has 0 aliphatic heterocycles. The van der Waals surface area contributed by atoms with E-state index in [1.54, 1.807) is 23.9 Å². The van der Waals surface area contributed by atoms with E-state index in [2.05, 4.69) is 5.32 Å². The summed E-state index contributed by atoms with van der Waals surface area (Å²) in [4.78, 5) is 21.8. The second kappa shape index (κ2) is 7.78. The van der Waals surface area contributed by atoms with E-state index in [4.69, 9.17) is 0 Å².